The predicted octanol–water partition coefficient (Wildman–Crippen LogP) is 2.17. The van der Waals surface area contributed by atoms with Gasteiger partial charge in [0.1, 0.15) is 6.61 Å². The fourth-order valence-corrected chi connectivity index (χ4v) is 2.92. The van der Waals surface area contributed by atoms with Crippen LogP contribution in [0.4, 0.5) is 5.95 Å². The van der Waals surface area contributed by atoms with Gasteiger partial charge in [0.05, 0.1) is 12.2 Å². The molecule has 0 atom stereocenters. The maximum absolute atomic E-state index is 12.1. The second-order valence-corrected chi connectivity index (χ2v) is 6.14. The number of pyridine rings is 1. The Balaban J connectivity index is 0.00000243. The molecule has 0 saturated carbocycles. The van der Waals surface area contributed by atoms with Gasteiger partial charge >= 0.3 is 0 Å². The van der Waals surface area contributed by atoms with Crippen molar-refractivity contribution in [1.82, 2.24) is 19.9 Å². The van der Waals surface area contributed by atoms with E-state index in [1.54, 1.807) is 24.3 Å². The van der Waals surface area contributed by atoms with E-state index >= 15 is 0 Å². The molecule has 1 saturated heterocycles. The molecule has 7 nitrogen and oxygen atoms in total. The molecule has 0 aliphatic carbocycles. The Morgan fingerprint density at radius 1 is 1.27 bits per heavy atom. The van der Waals surface area contributed by atoms with Crippen molar-refractivity contribution >= 4 is 24.3 Å². The van der Waals surface area contributed by atoms with Gasteiger partial charge < -0.3 is 14.5 Å². The second kappa shape index (κ2) is 9.45. The van der Waals surface area contributed by atoms with E-state index in [1.807, 2.05) is 18.3 Å². The summed E-state index contributed by atoms with van der Waals surface area (Å²) in [7, 11) is 3.28. The van der Waals surface area contributed by atoms with Gasteiger partial charge in [-0.05, 0) is 30.5 Å². The molecule has 2 aromatic heterocycles. The molecule has 0 unspecified atom stereocenters. The number of amides is 1. The van der Waals surface area contributed by atoms with Gasteiger partial charge in [0.25, 0.3) is 0 Å². The largest absolute Gasteiger partial charge is 0.375 e. The van der Waals surface area contributed by atoms with E-state index in [4.69, 9.17) is 9.72 Å². The summed E-state index contributed by atoms with van der Waals surface area (Å²) in [5.41, 5.74) is 2.74. The number of nitrogens with zero attached hydrogens (tertiary/aromatic N) is 5. The summed E-state index contributed by atoms with van der Waals surface area (Å²) in [6, 6.07) is 3.85. The SMILES string of the molecule is COCC(=O)N(C)Cc1nc(N2CCCC2)ncc1-c1ccncc1.Cl. The topological polar surface area (TPSA) is 71.5 Å². The molecule has 0 bridgehead atoms. The van der Waals surface area contributed by atoms with Gasteiger partial charge in [-0.1, -0.05) is 0 Å². The van der Waals surface area contributed by atoms with Gasteiger partial charge in [-0.25, -0.2) is 9.97 Å². The van der Waals surface area contributed by atoms with Crippen LogP contribution in [0.15, 0.2) is 30.7 Å². The fourth-order valence-electron chi connectivity index (χ4n) is 2.92. The van der Waals surface area contributed by atoms with E-state index in [2.05, 4.69) is 14.9 Å². The lowest BCUT2D eigenvalue weighted by Gasteiger charge is -2.21. The molecule has 26 heavy (non-hydrogen) atoms. The third-order valence-electron chi connectivity index (χ3n) is 4.32. The lowest BCUT2D eigenvalue weighted by molar-refractivity contribution is -0.134. The highest BCUT2D eigenvalue weighted by atomic mass is 35.5. The minimum absolute atomic E-state index is 0. The monoisotopic (exact) mass is 377 g/mol. The molecule has 2 aromatic rings. The number of carbonyl (C=O) groups excluding carboxylic acids is 1. The Morgan fingerprint density at radius 3 is 2.62 bits per heavy atom. The van der Waals surface area contributed by atoms with Gasteiger partial charge in [0.15, 0.2) is 0 Å². The molecule has 0 radical (unpaired) electrons. The fraction of sp³-hybridized carbons (Fsp3) is 0.444. The van der Waals surface area contributed by atoms with Crippen molar-refractivity contribution in [2.45, 2.75) is 19.4 Å². The average molecular weight is 378 g/mol. The van der Waals surface area contributed by atoms with Crippen molar-refractivity contribution in [2.75, 3.05) is 38.8 Å². The van der Waals surface area contributed by atoms with E-state index in [9.17, 15) is 4.79 Å². The zero-order valence-electron chi connectivity index (χ0n) is 15.1. The van der Waals surface area contributed by atoms with Gasteiger partial charge in [0, 0.05) is 51.4 Å². The normalized spacial score (nSPS) is 13.4. The second-order valence-electron chi connectivity index (χ2n) is 6.14. The van der Waals surface area contributed by atoms with Crippen LogP contribution in [-0.2, 0) is 16.1 Å². The molecule has 0 N–H and O–H groups in total. The number of hydrogen-bond donors (Lipinski definition) is 0. The van der Waals surface area contributed by atoms with Crippen molar-refractivity contribution in [1.29, 1.82) is 0 Å². The molecule has 0 spiro atoms. The first kappa shape index (κ1) is 20.1. The molecule has 1 aliphatic heterocycles. The average Bonchev–Trinajstić information content (AvgIpc) is 3.17. The Hall–Kier alpha value is -2.25. The summed E-state index contributed by atoms with van der Waals surface area (Å²) in [5, 5.41) is 0. The lowest BCUT2D eigenvalue weighted by atomic mass is 10.1. The number of ether oxygens (including phenoxy) is 1. The zero-order valence-corrected chi connectivity index (χ0v) is 15.9. The number of carbonyl (C=O) groups is 1. The number of halogens is 1. The van der Waals surface area contributed by atoms with E-state index in [1.165, 1.54) is 7.11 Å². The first-order valence-electron chi connectivity index (χ1n) is 8.43. The Labute approximate surface area is 159 Å². The number of likely N-dealkylation sites (N-methyl/N-ethyl adjacent to an activating group) is 1. The number of anilines is 1. The van der Waals surface area contributed by atoms with Crippen molar-refractivity contribution in [2.24, 2.45) is 0 Å². The smallest absolute Gasteiger partial charge is 0.248 e. The van der Waals surface area contributed by atoms with E-state index < -0.39 is 0 Å². The molecule has 1 aliphatic rings. The molecule has 0 aromatic carbocycles. The van der Waals surface area contributed by atoms with Gasteiger partial charge in [-0.3, -0.25) is 9.78 Å². The first-order valence-corrected chi connectivity index (χ1v) is 8.43. The van der Waals surface area contributed by atoms with Crippen LogP contribution in [0.1, 0.15) is 18.5 Å². The van der Waals surface area contributed by atoms with Crippen molar-refractivity contribution in [3.8, 4) is 11.1 Å². The van der Waals surface area contributed by atoms with Crippen LogP contribution in [0.3, 0.4) is 0 Å². The Kier molecular flexibility index (Phi) is 7.29. The number of methoxy groups -OCH3 is 1. The summed E-state index contributed by atoms with van der Waals surface area (Å²) in [5.74, 6) is 0.655. The van der Waals surface area contributed by atoms with Crippen LogP contribution in [0.25, 0.3) is 11.1 Å². The predicted molar refractivity (Wildman–Crippen MR) is 102 cm³/mol. The Morgan fingerprint density at radius 2 is 1.96 bits per heavy atom. The molecule has 8 heteroatoms. The molecule has 140 valence electrons. The van der Waals surface area contributed by atoms with Gasteiger partial charge in [0.2, 0.25) is 11.9 Å². The third-order valence-corrected chi connectivity index (χ3v) is 4.32. The van der Waals surface area contributed by atoms with Gasteiger partial charge in [-0.15, -0.1) is 12.4 Å². The van der Waals surface area contributed by atoms with Gasteiger partial charge in [-0.2, -0.15) is 0 Å². The van der Waals surface area contributed by atoms with E-state index in [0.29, 0.717) is 6.54 Å². The standard InChI is InChI=1S/C18H23N5O2.ClH/c1-22(17(24)13-25-2)12-16-15(14-5-7-19-8-6-14)11-20-18(21-16)23-9-3-4-10-23;/h5-8,11H,3-4,9-10,12-13H2,1-2H3;1H. The van der Waals surface area contributed by atoms with Crippen LogP contribution in [0.5, 0.6) is 0 Å². The number of hydrogen-bond acceptors (Lipinski definition) is 6. The summed E-state index contributed by atoms with van der Waals surface area (Å²) in [4.78, 5) is 29.3. The summed E-state index contributed by atoms with van der Waals surface area (Å²) in [6.45, 7) is 2.42. The molecule has 3 rings (SSSR count). The molecule has 3 heterocycles. The first-order chi connectivity index (χ1) is 12.2. The van der Waals surface area contributed by atoms with E-state index in [-0.39, 0.29) is 24.9 Å². The highest BCUT2D eigenvalue weighted by Gasteiger charge is 2.19. The third kappa shape index (κ3) is 4.68. The molecular weight excluding hydrogens is 354 g/mol. The highest BCUT2D eigenvalue weighted by molar-refractivity contribution is 5.85. The minimum atomic E-state index is -0.0792. The summed E-state index contributed by atoms with van der Waals surface area (Å²) < 4.78 is 4.94. The zero-order chi connectivity index (χ0) is 17.6. The van der Waals surface area contributed by atoms with Crippen LogP contribution in [0.2, 0.25) is 0 Å². The van der Waals surface area contributed by atoms with Crippen LogP contribution in [-0.4, -0.2) is 59.6 Å². The van der Waals surface area contributed by atoms with Crippen molar-refractivity contribution in [3.63, 3.8) is 0 Å². The summed E-state index contributed by atoms with van der Waals surface area (Å²) in [6.07, 6.45) is 7.66. The molecular formula is C18H24ClN5O2. The van der Waals surface area contributed by atoms with Crippen molar-refractivity contribution < 1.29 is 9.53 Å². The molecule has 1 amide bonds. The lowest BCUT2D eigenvalue weighted by Crippen LogP contribution is -2.30. The van der Waals surface area contributed by atoms with Crippen molar-refractivity contribution in [3.05, 3.63) is 36.4 Å². The van der Waals surface area contributed by atoms with Crippen LogP contribution in [0, 0.1) is 0 Å². The quantitative estimate of drug-likeness (QED) is 0.768. The minimum Gasteiger partial charge on any atom is -0.375 e. The Bertz CT molecular complexity index is 723. The van der Waals surface area contributed by atoms with Crippen LogP contribution < -0.4 is 4.90 Å². The maximum Gasteiger partial charge on any atom is 0.248 e. The highest BCUT2D eigenvalue weighted by Crippen LogP contribution is 2.25. The number of aromatic nitrogens is 3. The number of rotatable bonds is 6. The summed E-state index contributed by atoms with van der Waals surface area (Å²) >= 11 is 0. The van der Waals surface area contributed by atoms with Crippen LogP contribution >= 0.6 is 12.4 Å². The maximum atomic E-state index is 12.1. The molecule has 1 fully saturated rings. The van der Waals surface area contributed by atoms with E-state index in [0.717, 1.165) is 48.7 Å².